The summed E-state index contributed by atoms with van der Waals surface area (Å²) in [7, 11) is 0. The van der Waals surface area contributed by atoms with E-state index in [1.54, 1.807) is 0 Å². The normalized spacial score (nSPS) is 12.7. The molecule has 0 spiro atoms. The Morgan fingerprint density at radius 2 is 0.684 bits per heavy atom. The van der Waals surface area contributed by atoms with Gasteiger partial charge in [0.15, 0.2) is 0 Å². The van der Waals surface area contributed by atoms with Crippen molar-refractivity contribution in [3.63, 3.8) is 0 Å². The molecule has 0 rings (SSSR count). The van der Waals surface area contributed by atoms with E-state index < -0.39 is 0 Å². The van der Waals surface area contributed by atoms with Crippen LogP contribution in [-0.2, 0) is 0 Å². The van der Waals surface area contributed by atoms with Gasteiger partial charge >= 0.3 is 0 Å². The maximum atomic E-state index is 2.45. The van der Waals surface area contributed by atoms with Gasteiger partial charge in [0.1, 0.15) is 0 Å². The fraction of sp³-hybridized carbons (Fsp3) is 0.789. The number of rotatable bonds is 29. The summed E-state index contributed by atoms with van der Waals surface area (Å²) in [6, 6.07) is 0. The molecule has 0 unspecified atom stereocenters. The molecule has 0 heteroatoms. The molecule has 0 fully saturated rings. The Labute approximate surface area is 241 Å². The van der Waals surface area contributed by atoms with Crippen molar-refractivity contribution in [3.8, 4) is 0 Å². The Morgan fingerprint density at radius 1 is 0.368 bits per heavy atom. The van der Waals surface area contributed by atoms with Gasteiger partial charge in [-0.3, -0.25) is 0 Å². The molecule has 0 N–H and O–H groups in total. The van der Waals surface area contributed by atoms with Crippen LogP contribution >= 0.6 is 0 Å². The first-order valence-electron chi connectivity index (χ1n) is 17.3. The molecule has 0 amide bonds. The van der Waals surface area contributed by atoms with E-state index in [0.29, 0.717) is 0 Å². The summed E-state index contributed by atoms with van der Waals surface area (Å²) in [5, 5.41) is 0. The molecule has 0 saturated carbocycles. The van der Waals surface area contributed by atoms with Crippen molar-refractivity contribution in [1.82, 2.24) is 0 Å². The van der Waals surface area contributed by atoms with Crippen LogP contribution in [0.1, 0.15) is 182 Å². The zero-order valence-corrected chi connectivity index (χ0v) is 26.7. The predicted molar refractivity (Wildman–Crippen MR) is 177 cm³/mol. The third kappa shape index (κ3) is 29.5. The molecule has 0 aromatic rings. The maximum Gasteiger partial charge on any atom is -0.0169 e. The quantitative estimate of drug-likeness (QED) is 0.0671. The third-order valence-electron chi connectivity index (χ3n) is 7.99. The van der Waals surface area contributed by atoms with Gasteiger partial charge in [-0.2, -0.15) is 0 Å². The summed E-state index contributed by atoms with van der Waals surface area (Å²) < 4.78 is 0. The summed E-state index contributed by atoms with van der Waals surface area (Å²) in [5.41, 5.74) is 0. The lowest BCUT2D eigenvalue weighted by molar-refractivity contribution is 0.312. The van der Waals surface area contributed by atoms with Crippen molar-refractivity contribution in [2.24, 2.45) is 11.8 Å². The molecule has 0 aromatic heterocycles. The van der Waals surface area contributed by atoms with E-state index in [9.17, 15) is 0 Å². The summed E-state index contributed by atoms with van der Waals surface area (Å²) >= 11 is 0. The monoisotopic (exact) mass is 527 g/mol. The highest BCUT2D eigenvalue weighted by atomic mass is 14.2. The molecule has 0 aliphatic carbocycles. The van der Waals surface area contributed by atoms with Crippen LogP contribution in [0.5, 0.6) is 0 Å². The van der Waals surface area contributed by atoms with Crippen LogP contribution in [-0.4, -0.2) is 0 Å². The van der Waals surface area contributed by atoms with Crippen molar-refractivity contribution in [1.29, 1.82) is 0 Å². The lowest BCUT2D eigenvalue weighted by atomic mass is 9.85. The lowest BCUT2D eigenvalue weighted by Crippen LogP contribution is -2.08. The fourth-order valence-corrected chi connectivity index (χ4v) is 5.22. The Morgan fingerprint density at radius 3 is 1.03 bits per heavy atom. The largest absolute Gasteiger partial charge is 0.0882 e. The van der Waals surface area contributed by atoms with Gasteiger partial charge in [0, 0.05) is 0 Å². The van der Waals surface area contributed by atoms with Gasteiger partial charge in [0.2, 0.25) is 0 Å². The van der Waals surface area contributed by atoms with Gasteiger partial charge in [0.25, 0.3) is 0 Å². The Kier molecular flexibility index (Phi) is 31.3. The number of unbranched alkanes of at least 4 members (excludes halogenated alkanes) is 16. The van der Waals surface area contributed by atoms with Crippen LogP contribution in [0.4, 0.5) is 0 Å². The first-order chi connectivity index (χ1) is 18.7. The van der Waals surface area contributed by atoms with Crippen molar-refractivity contribution in [3.05, 3.63) is 48.6 Å². The Hall–Kier alpha value is -1.04. The average Bonchev–Trinajstić information content (AvgIpc) is 2.91. The smallest absolute Gasteiger partial charge is 0.0169 e. The molecular weight excluding hydrogens is 456 g/mol. The molecule has 0 heterocycles. The van der Waals surface area contributed by atoms with Gasteiger partial charge in [-0.1, -0.05) is 179 Å². The minimum Gasteiger partial charge on any atom is -0.0882 e. The van der Waals surface area contributed by atoms with Crippen molar-refractivity contribution in [2.75, 3.05) is 0 Å². The first kappa shape index (κ1) is 37.0. The zero-order valence-electron chi connectivity index (χ0n) is 26.7. The molecule has 222 valence electrons. The summed E-state index contributed by atoms with van der Waals surface area (Å²) in [4.78, 5) is 0. The van der Waals surface area contributed by atoms with E-state index in [1.165, 1.54) is 141 Å². The van der Waals surface area contributed by atoms with Gasteiger partial charge in [-0.15, -0.1) is 0 Å². The van der Waals surface area contributed by atoms with Crippen LogP contribution < -0.4 is 0 Å². The third-order valence-corrected chi connectivity index (χ3v) is 7.99. The van der Waals surface area contributed by atoms with Gasteiger partial charge in [0.05, 0.1) is 0 Å². The van der Waals surface area contributed by atoms with Crippen LogP contribution in [0.2, 0.25) is 0 Å². The van der Waals surface area contributed by atoms with Gasteiger partial charge in [-0.05, 0) is 63.2 Å². The zero-order chi connectivity index (χ0) is 27.8. The maximum absolute atomic E-state index is 2.45. The Bertz CT molecular complexity index is 500. The standard InChI is InChI=1S/C38H70/c1-5-7-9-11-13-15-17-19-21-23-25-27-29-31-33-35-38(37(3)4)36-34-32-30-28-26-24-22-20-18-16-14-12-10-8-6-2/h11-14,17-20,37-38H,5-10,15-16,21-36H2,1-4H3/b13-11+,14-12+,19-17+,20-18+. The van der Waals surface area contributed by atoms with E-state index in [0.717, 1.165) is 24.7 Å². The van der Waals surface area contributed by atoms with E-state index in [1.807, 2.05) is 0 Å². The highest BCUT2D eigenvalue weighted by molar-refractivity contribution is 4.93. The van der Waals surface area contributed by atoms with Crippen LogP contribution in [0.3, 0.4) is 0 Å². The molecule has 0 nitrogen and oxygen atoms in total. The topological polar surface area (TPSA) is 0 Å². The molecule has 0 aliphatic rings. The molecule has 0 aliphatic heterocycles. The van der Waals surface area contributed by atoms with E-state index in [2.05, 4.69) is 76.3 Å². The summed E-state index contributed by atoms with van der Waals surface area (Å²) in [6.45, 7) is 9.42. The minimum atomic E-state index is 0.858. The molecule has 0 saturated heterocycles. The highest BCUT2D eigenvalue weighted by Crippen LogP contribution is 2.25. The minimum absolute atomic E-state index is 0.858. The van der Waals surface area contributed by atoms with Crippen molar-refractivity contribution in [2.45, 2.75) is 182 Å². The van der Waals surface area contributed by atoms with Crippen LogP contribution in [0, 0.1) is 11.8 Å². The van der Waals surface area contributed by atoms with Gasteiger partial charge in [-0.25, -0.2) is 0 Å². The number of allylic oxidation sites excluding steroid dienone is 8. The second-order valence-corrected chi connectivity index (χ2v) is 12.0. The fourth-order valence-electron chi connectivity index (χ4n) is 5.22. The van der Waals surface area contributed by atoms with E-state index in [-0.39, 0.29) is 0 Å². The second kappa shape index (κ2) is 32.2. The average molecular weight is 527 g/mol. The van der Waals surface area contributed by atoms with Gasteiger partial charge < -0.3 is 0 Å². The Balaban J connectivity index is 3.53. The first-order valence-corrected chi connectivity index (χ1v) is 17.3. The SMILES string of the molecule is CCCC/C=C/C/C=C/CCCCCCCCC(CCCCCCCC/C=C/C/C=C/CCCC)C(C)C. The number of hydrogen-bond donors (Lipinski definition) is 0. The van der Waals surface area contributed by atoms with Crippen LogP contribution in [0.15, 0.2) is 48.6 Å². The molecule has 0 radical (unpaired) electrons. The molecule has 38 heavy (non-hydrogen) atoms. The predicted octanol–water partition coefficient (Wildman–Crippen LogP) is 13.9. The lowest BCUT2D eigenvalue weighted by Gasteiger charge is -2.20. The second-order valence-electron chi connectivity index (χ2n) is 12.0. The molecule has 0 bridgehead atoms. The van der Waals surface area contributed by atoms with E-state index in [4.69, 9.17) is 0 Å². The summed E-state index contributed by atoms with van der Waals surface area (Å²) in [6.07, 6.45) is 51.4. The van der Waals surface area contributed by atoms with Crippen LogP contribution in [0.25, 0.3) is 0 Å². The van der Waals surface area contributed by atoms with Crippen molar-refractivity contribution < 1.29 is 0 Å². The molecule has 0 aromatic carbocycles. The summed E-state index contributed by atoms with van der Waals surface area (Å²) in [5.74, 6) is 1.81. The highest BCUT2D eigenvalue weighted by Gasteiger charge is 2.12. The molecular formula is C38H70. The molecule has 0 atom stereocenters. The van der Waals surface area contributed by atoms with Crippen molar-refractivity contribution >= 4 is 0 Å². The van der Waals surface area contributed by atoms with E-state index >= 15 is 0 Å². The number of hydrogen-bond acceptors (Lipinski definition) is 0.